The van der Waals surface area contributed by atoms with Gasteiger partial charge in [0, 0.05) is 13.0 Å². The first-order chi connectivity index (χ1) is 13.1. The first-order valence-electron chi connectivity index (χ1n) is 8.69. The van der Waals surface area contributed by atoms with Gasteiger partial charge in [-0.2, -0.15) is 5.10 Å². The summed E-state index contributed by atoms with van der Waals surface area (Å²) < 4.78 is 1.68. The van der Waals surface area contributed by atoms with Crippen LogP contribution >= 0.6 is 11.3 Å². The lowest BCUT2D eigenvalue weighted by Gasteiger charge is -2.15. The number of thiophene rings is 1. The quantitative estimate of drug-likeness (QED) is 0.586. The summed E-state index contributed by atoms with van der Waals surface area (Å²) in [5.74, 6) is -0.125. The predicted molar refractivity (Wildman–Crippen MR) is 104 cm³/mol. The third-order valence-corrected chi connectivity index (χ3v) is 4.93. The molecule has 0 aliphatic heterocycles. The van der Waals surface area contributed by atoms with E-state index in [0.717, 1.165) is 11.3 Å². The molecule has 0 fully saturated rings. The Labute approximate surface area is 161 Å². The van der Waals surface area contributed by atoms with Gasteiger partial charge in [-0.05, 0) is 42.5 Å². The minimum absolute atomic E-state index is 0.0341. The molecule has 0 saturated heterocycles. The summed E-state index contributed by atoms with van der Waals surface area (Å²) in [4.78, 5) is 28.5. The fourth-order valence-electron chi connectivity index (χ4n) is 2.60. The number of benzene rings is 1. The lowest BCUT2D eigenvalue weighted by Crippen LogP contribution is -2.28. The third-order valence-electron chi connectivity index (χ3n) is 4.07. The van der Waals surface area contributed by atoms with Crippen LogP contribution in [0.2, 0.25) is 0 Å². The number of carbonyl (C=O) groups is 2. The second kappa shape index (κ2) is 9.09. The Morgan fingerprint density at radius 1 is 1.22 bits per heavy atom. The van der Waals surface area contributed by atoms with E-state index >= 15 is 0 Å². The fourth-order valence-corrected chi connectivity index (χ4v) is 3.24. The van der Waals surface area contributed by atoms with Crippen molar-refractivity contribution >= 4 is 23.2 Å². The van der Waals surface area contributed by atoms with Crippen LogP contribution in [-0.2, 0) is 4.79 Å². The topological polar surface area (TPSA) is 88.9 Å². The summed E-state index contributed by atoms with van der Waals surface area (Å²) in [6, 6.07) is 11.3. The molecule has 8 heteroatoms. The zero-order valence-corrected chi connectivity index (χ0v) is 15.8. The predicted octanol–water partition coefficient (Wildman–Crippen LogP) is 2.72. The van der Waals surface area contributed by atoms with Crippen molar-refractivity contribution < 1.29 is 9.59 Å². The number of hydrogen-bond acceptors (Lipinski definition) is 5. The van der Waals surface area contributed by atoms with Crippen molar-refractivity contribution in [3.05, 3.63) is 64.9 Å². The summed E-state index contributed by atoms with van der Waals surface area (Å²) in [6.07, 6.45) is 4.09. The van der Waals surface area contributed by atoms with Crippen molar-refractivity contribution in [2.45, 2.75) is 25.8 Å². The van der Waals surface area contributed by atoms with Crippen LogP contribution in [0.15, 0.2) is 54.4 Å². The summed E-state index contributed by atoms with van der Waals surface area (Å²) in [6.45, 7) is 2.42. The highest BCUT2D eigenvalue weighted by Crippen LogP contribution is 2.15. The maximum Gasteiger partial charge on any atom is 0.261 e. The van der Waals surface area contributed by atoms with E-state index in [4.69, 9.17) is 0 Å². The summed E-state index contributed by atoms with van der Waals surface area (Å²) in [5, 5.41) is 11.8. The van der Waals surface area contributed by atoms with Crippen LogP contribution in [-0.4, -0.2) is 33.1 Å². The first kappa shape index (κ1) is 18.8. The summed E-state index contributed by atoms with van der Waals surface area (Å²) in [7, 11) is 0. The maximum absolute atomic E-state index is 12.1. The van der Waals surface area contributed by atoms with Gasteiger partial charge in [-0.1, -0.05) is 18.2 Å². The van der Waals surface area contributed by atoms with Crippen molar-refractivity contribution in [3.63, 3.8) is 0 Å². The van der Waals surface area contributed by atoms with Crippen molar-refractivity contribution in [1.29, 1.82) is 0 Å². The van der Waals surface area contributed by atoms with Gasteiger partial charge in [-0.25, -0.2) is 9.67 Å². The fraction of sp³-hybridized carbons (Fsp3) is 0.263. The van der Waals surface area contributed by atoms with Crippen molar-refractivity contribution in [3.8, 4) is 5.69 Å². The highest BCUT2D eigenvalue weighted by Gasteiger charge is 2.10. The van der Waals surface area contributed by atoms with Gasteiger partial charge in [0.05, 0.1) is 16.6 Å². The molecule has 1 unspecified atom stereocenters. The zero-order valence-electron chi connectivity index (χ0n) is 15.0. The van der Waals surface area contributed by atoms with Gasteiger partial charge < -0.3 is 10.6 Å². The van der Waals surface area contributed by atoms with E-state index in [1.807, 2.05) is 42.6 Å². The summed E-state index contributed by atoms with van der Waals surface area (Å²) >= 11 is 1.40. The van der Waals surface area contributed by atoms with E-state index in [1.165, 1.54) is 17.7 Å². The molecule has 0 spiro atoms. The van der Waals surface area contributed by atoms with E-state index in [0.29, 0.717) is 24.3 Å². The Bertz CT molecular complexity index is 860. The molecule has 0 aliphatic rings. The minimum Gasteiger partial charge on any atom is -0.351 e. The van der Waals surface area contributed by atoms with E-state index in [1.54, 1.807) is 17.1 Å². The molecule has 2 aromatic heterocycles. The maximum atomic E-state index is 12.1. The van der Waals surface area contributed by atoms with Crippen LogP contribution in [0.25, 0.3) is 5.69 Å². The zero-order chi connectivity index (χ0) is 19.1. The van der Waals surface area contributed by atoms with Crippen LogP contribution in [0, 0.1) is 0 Å². The monoisotopic (exact) mass is 383 g/mol. The lowest BCUT2D eigenvalue weighted by molar-refractivity contribution is -0.121. The molecular weight excluding hydrogens is 362 g/mol. The molecule has 1 aromatic carbocycles. The molecular formula is C19H21N5O2S. The molecule has 2 amide bonds. The number of nitrogens with zero attached hydrogens (tertiary/aromatic N) is 3. The number of aromatic nitrogens is 3. The molecule has 27 heavy (non-hydrogen) atoms. The normalized spacial score (nSPS) is 11.7. The van der Waals surface area contributed by atoms with Crippen molar-refractivity contribution in [2.75, 3.05) is 6.54 Å². The van der Waals surface area contributed by atoms with Gasteiger partial charge in [-0.3, -0.25) is 9.59 Å². The average Bonchev–Trinajstić information content (AvgIpc) is 3.39. The van der Waals surface area contributed by atoms with Gasteiger partial charge in [0.15, 0.2) is 0 Å². The SMILES string of the molecule is CC(NC(=O)CCCNC(=O)c1cccs1)c1ccc(-n2cncn2)cc1. The minimum atomic E-state index is -0.0944. The summed E-state index contributed by atoms with van der Waals surface area (Å²) in [5.41, 5.74) is 1.93. The van der Waals surface area contributed by atoms with Gasteiger partial charge in [0.25, 0.3) is 5.91 Å². The molecule has 0 radical (unpaired) electrons. The van der Waals surface area contributed by atoms with Crippen LogP contribution in [0.1, 0.15) is 41.0 Å². The molecule has 2 heterocycles. The molecule has 0 saturated carbocycles. The molecule has 3 aromatic rings. The van der Waals surface area contributed by atoms with Gasteiger partial charge in [0.1, 0.15) is 12.7 Å². The highest BCUT2D eigenvalue weighted by atomic mass is 32.1. The van der Waals surface area contributed by atoms with E-state index < -0.39 is 0 Å². The molecule has 140 valence electrons. The third kappa shape index (κ3) is 5.24. The number of rotatable bonds is 8. The van der Waals surface area contributed by atoms with Crippen LogP contribution in [0.3, 0.4) is 0 Å². The highest BCUT2D eigenvalue weighted by molar-refractivity contribution is 7.12. The Balaban J connectivity index is 1.40. The Kier molecular flexibility index (Phi) is 6.32. The second-order valence-corrected chi connectivity index (χ2v) is 7.01. The second-order valence-electron chi connectivity index (χ2n) is 6.06. The van der Waals surface area contributed by atoms with Gasteiger partial charge in [0.2, 0.25) is 5.91 Å². The average molecular weight is 383 g/mol. The van der Waals surface area contributed by atoms with Crippen LogP contribution in [0.4, 0.5) is 0 Å². The van der Waals surface area contributed by atoms with Gasteiger partial charge in [-0.15, -0.1) is 11.3 Å². The van der Waals surface area contributed by atoms with Crippen LogP contribution < -0.4 is 10.6 Å². The van der Waals surface area contributed by atoms with Crippen LogP contribution in [0.5, 0.6) is 0 Å². The molecule has 3 rings (SSSR count). The Morgan fingerprint density at radius 2 is 2.04 bits per heavy atom. The molecule has 0 bridgehead atoms. The van der Waals surface area contributed by atoms with Crippen molar-refractivity contribution in [2.24, 2.45) is 0 Å². The molecule has 2 N–H and O–H groups in total. The number of nitrogens with one attached hydrogen (secondary N) is 2. The first-order valence-corrected chi connectivity index (χ1v) is 9.57. The van der Waals surface area contributed by atoms with E-state index in [-0.39, 0.29) is 17.9 Å². The Morgan fingerprint density at radius 3 is 2.70 bits per heavy atom. The number of amides is 2. The lowest BCUT2D eigenvalue weighted by atomic mass is 10.1. The number of carbonyl (C=O) groups excluding carboxylic acids is 2. The largest absolute Gasteiger partial charge is 0.351 e. The Hall–Kier alpha value is -3.00. The molecule has 7 nitrogen and oxygen atoms in total. The number of hydrogen-bond donors (Lipinski definition) is 2. The smallest absolute Gasteiger partial charge is 0.261 e. The standard InChI is InChI=1S/C19H21N5O2S/c1-14(15-6-8-16(9-7-15)24-13-20-12-22-24)23-18(25)5-2-10-21-19(26)17-4-3-11-27-17/h3-4,6-9,11-14H,2,5,10H2,1H3,(H,21,26)(H,23,25). The van der Waals surface area contributed by atoms with Crippen molar-refractivity contribution in [1.82, 2.24) is 25.4 Å². The van der Waals surface area contributed by atoms with E-state index in [9.17, 15) is 9.59 Å². The molecule has 1 atom stereocenters. The van der Waals surface area contributed by atoms with Gasteiger partial charge >= 0.3 is 0 Å². The van der Waals surface area contributed by atoms with E-state index in [2.05, 4.69) is 20.7 Å². The molecule has 0 aliphatic carbocycles.